The lowest BCUT2D eigenvalue weighted by molar-refractivity contribution is 0.0960. The van der Waals surface area contributed by atoms with E-state index in [1.54, 1.807) is 0 Å². The number of carbonyl (C=O) groups is 1. The Bertz CT molecular complexity index is 445. The molecule has 2 N–H and O–H groups in total. The van der Waals surface area contributed by atoms with Crippen LogP contribution in [0.3, 0.4) is 0 Å². The molecule has 0 spiro atoms. The summed E-state index contributed by atoms with van der Waals surface area (Å²) in [5.74, 6) is -0.517. The normalized spacial score (nSPS) is 8.80. The van der Waals surface area contributed by atoms with Crippen LogP contribution in [0.1, 0.15) is 24.2 Å². The van der Waals surface area contributed by atoms with Crippen LogP contribution in [0.4, 0.5) is 0 Å². The van der Waals surface area contributed by atoms with Crippen LogP contribution < -0.4 is 16.6 Å². The van der Waals surface area contributed by atoms with Crippen LogP contribution in [-0.4, -0.2) is 22.5 Å². The van der Waals surface area contributed by atoms with Gasteiger partial charge in [-0.3, -0.25) is 14.6 Å². The van der Waals surface area contributed by atoms with Crippen LogP contribution in [0.25, 0.3) is 0 Å². The molecule has 0 fully saturated rings. The van der Waals surface area contributed by atoms with Gasteiger partial charge in [-0.2, -0.15) is 0 Å². The van der Waals surface area contributed by atoms with E-state index in [1.165, 1.54) is 20.3 Å². The topological polar surface area (TPSA) is 84.0 Å². The molecule has 1 amide bonds. The van der Waals surface area contributed by atoms with Crippen LogP contribution >= 0.6 is 0 Å². The highest BCUT2D eigenvalue weighted by Gasteiger charge is 2.09. The Kier molecular flexibility index (Phi) is 5.08. The van der Waals surface area contributed by atoms with E-state index in [2.05, 4.69) is 5.32 Å². The smallest absolute Gasteiger partial charge is 0.328 e. The van der Waals surface area contributed by atoms with Crippen molar-refractivity contribution in [3.63, 3.8) is 0 Å². The quantitative estimate of drug-likeness (QED) is 0.657. The van der Waals surface area contributed by atoms with Crippen molar-refractivity contribution in [1.29, 1.82) is 0 Å². The first-order valence-electron chi connectivity index (χ1n) is 4.58. The first kappa shape index (κ1) is 13.2. The number of amides is 1. The molecule has 15 heavy (non-hydrogen) atoms. The van der Waals surface area contributed by atoms with Crippen LogP contribution in [0.15, 0.2) is 15.8 Å². The Labute approximate surface area is 86.9 Å². The highest BCUT2D eigenvalue weighted by Crippen LogP contribution is 1.84. The lowest BCUT2D eigenvalue weighted by Crippen LogP contribution is -2.34. The molecule has 84 valence electrons. The minimum Gasteiger partial charge on any atom is -0.355 e. The van der Waals surface area contributed by atoms with Crippen molar-refractivity contribution in [2.45, 2.75) is 13.8 Å². The number of aryl methyl sites for hydroxylation is 1. The average molecular weight is 213 g/mol. The van der Waals surface area contributed by atoms with E-state index in [9.17, 15) is 14.4 Å². The van der Waals surface area contributed by atoms with Crippen LogP contribution in [0.2, 0.25) is 0 Å². The second-order valence-electron chi connectivity index (χ2n) is 2.49. The summed E-state index contributed by atoms with van der Waals surface area (Å²) >= 11 is 0. The standard InChI is InChI=1S/C7H9N3O3.C2H6/c1-8-5(11)4-3-10(2)7(13)9-6(4)12;1-2/h3H,1-2H3,(H,8,11)(H,9,12,13);1-2H3. The summed E-state index contributed by atoms with van der Waals surface area (Å²) in [6, 6.07) is 0. The van der Waals surface area contributed by atoms with Crippen molar-refractivity contribution in [3.8, 4) is 0 Å². The molecular weight excluding hydrogens is 198 g/mol. The monoisotopic (exact) mass is 213 g/mol. The molecule has 6 nitrogen and oxygen atoms in total. The van der Waals surface area contributed by atoms with Crippen LogP contribution in [0, 0.1) is 0 Å². The molecule has 6 heteroatoms. The van der Waals surface area contributed by atoms with Crippen molar-refractivity contribution < 1.29 is 4.79 Å². The van der Waals surface area contributed by atoms with E-state index >= 15 is 0 Å². The minimum atomic E-state index is -0.678. The van der Waals surface area contributed by atoms with Gasteiger partial charge in [0.15, 0.2) is 0 Å². The Morgan fingerprint density at radius 3 is 2.40 bits per heavy atom. The van der Waals surface area contributed by atoms with Gasteiger partial charge >= 0.3 is 5.69 Å². The lowest BCUT2D eigenvalue weighted by Gasteiger charge is -2.00. The van der Waals surface area contributed by atoms with E-state index in [1.807, 2.05) is 18.8 Å². The second-order valence-corrected chi connectivity index (χ2v) is 2.49. The Hall–Kier alpha value is -1.85. The van der Waals surface area contributed by atoms with E-state index in [4.69, 9.17) is 0 Å². The molecule has 0 aliphatic carbocycles. The van der Waals surface area contributed by atoms with Gasteiger partial charge < -0.3 is 9.88 Å². The Balaban J connectivity index is 0.000000921. The number of nitrogens with one attached hydrogen (secondary N) is 2. The van der Waals surface area contributed by atoms with E-state index in [-0.39, 0.29) is 5.56 Å². The Morgan fingerprint density at radius 2 is 1.93 bits per heavy atom. The number of hydrogen-bond acceptors (Lipinski definition) is 3. The van der Waals surface area contributed by atoms with Gasteiger partial charge in [0.1, 0.15) is 5.56 Å². The first-order valence-corrected chi connectivity index (χ1v) is 4.58. The number of aromatic nitrogens is 2. The molecular formula is C9H15N3O3. The molecule has 0 unspecified atom stereocenters. The summed E-state index contributed by atoms with van der Waals surface area (Å²) in [6.07, 6.45) is 1.19. The van der Waals surface area contributed by atoms with Gasteiger partial charge in [-0.15, -0.1) is 0 Å². The number of carbonyl (C=O) groups excluding carboxylic acids is 1. The molecule has 1 aromatic rings. The van der Waals surface area contributed by atoms with Gasteiger partial charge in [-0.25, -0.2) is 4.79 Å². The highest BCUT2D eigenvalue weighted by atomic mass is 16.2. The molecule has 0 bridgehead atoms. The summed E-state index contributed by atoms with van der Waals surface area (Å²) in [6.45, 7) is 4.00. The van der Waals surface area contributed by atoms with Crippen LogP contribution in [0.5, 0.6) is 0 Å². The van der Waals surface area contributed by atoms with Gasteiger partial charge in [0.25, 0.3) is 11.5 Å². The van der Waals surface area contributed by atoms with Crippen molar-refractivity contribution >= 4 is 5.91 Å². The van der Waals surface area contributed by atoms with Gasteiger partial charge in [0.2, 0.25) is 0 Å². The summed E-state index contributed by atoms with van der Waals surface area (Å²) in [4.78, 5) is 35.0. The largest absolute Gasteiger partial charge is 0.355 e. The van der Waals surface area contributed by atoms with E-state index in [0.717, 1.165) is 4.57 Å². The molecule has 0 aliphatic heterocycles. The molecule has 1 rings (SSSR count). The highest BCUT2D eigenvalue weighted by molar-refractivity contribution is 5.93. The number of aromatic amines is 1. The van der Waals surface area contributed by atoms with Crippen molar-refractivity contribution in [1.82, 2.24) is 14.9 Å². The van der Waals surface area contributed by atoms with E-state index < -0.39 is 17.2 Å². The third-order valence-corrected chi connectivity index (χ3v) is 1.58. The van der Waals surface area contributed by atoms with E-state index in [0.29, 0.717) is 0 Å². The van der Waals surface area contributed by atoms with Crippen molar-refractivity contribution in [3.05, 3.63) is 32.6 Å². The second kappa shape index (κ2) is 5.79. The zero-order valence-corrected chi connectivity index (χ0v) is 9.25. The third kappa shape index (κ3) is 3.08. The molecule has 0 atom stereocenters. The maximum atomic E-state index is 11.1. The SMILES string of the molecule is CC.CNC(=O)c1cn(C)c(=O)[nH]c1=O. The maximum absolute atomic E-state index is 11.1. The molecule has 0 aromatic carbocycles. The molecule has 1 heterocycles. The summed E-state index contributed by atoms with van der Waals surface area (Å²) in [5.41, 5.74) is -1.30. The van der Waals surface area contributed by atoms with Crippen LogP contribution in [-0.2, 0) is 7.05 Å². The number of hydrogen-bond donors (Lipinski definition) is 2. The minimum absolute atomic E-state index is 0.0791. The predicted molar refractivity (Wildman–Crippen MR) is 57.0 cm³/mol. The molecule has 0 radical (unpaired) electrons. The van der Waals surface area contributed by atoms with Gasteiger partial charge in [-0.1, -0.05) is 13.8 Å². The zero-order valence-electron chi connectivity index (χ0n) is 9.25. The number of H-pyrrole nitrogens is 1. The van der Waals surface area contributed by atoms with Gasteiger partial charge in [0.05, 0.1) is 0 Å². The maximum Gasteiger partial charge on any atom is 0.328 e. The van der Waals surface area contributed by atoms with Gasteiger partial charge in [-0.05, 0) is 0 Å². The third-order valence-electron chi connectivity index (χ3n) is 1.58. The molecule has 1 aromatic heterocycles. The predicted octanol–water partition coefficient (Wildman–Crippen LogP) is -0.541. The Morgan fingerprint density at radius 1 is 1.40 bits per heavy atom. The first-order chi connectivity index (χ1) is 7.06. The summed E-state index contributed by atoms with van der Waals surface area (Å²) in [5, 5.41) is 2.29. The van der Waals surface area contributed by atoms with Crippen molar-refractivity contribution in [2.75, 3.05) is 7.05 Å². The summed E-state index contributed by atoms with van der Waals surface area (Å²) in [7, 11) is 2.86. The fourth-order valence-electron chi connectivity index (χ4n) is 0.860. The van der Waals surface area contributed by atoms with Crippen molar-refractivity contribution in [2.24, 2.45) is 7.05 Å². The lowest BCUT2D eigenvalue weighted by atomic mass is 10.3. The molecule has 0 aliphatic rings. The zero-order chi connectivity index (χ0) is 12.0. The fourth-order valence-corrected chi connectivity index (χ4v) is 0.860. The molecule has 0 saturated carbocycles. The van der Waals surface area contributed by atoms with Gasteiger partial charge in [0, 0.05) is 20.3 Å². The summed E-state index contributed by atoms with van der Waals surface area (Å²) < 4.78 is 1.13. The number of rotatable bonds is 1. The fraction of sp³-hybridized carbons (Fsp3) is 0.444. The molecule has 0 saturated heterocycles. The number of nitrogens with zero attached hydrogens (tertiary/aromatic N) is 1. The average Bonchev–Trinajstić information content (AvgIpc) is 2.25.